The normalized spacial score (nSPS) is 14.2. The lowest BCUT2D eigenvalue weighted by molar-refractivity contribution is 0.390. The molecular weight excluding hydrogens is 248 g/mol. The zero-order valence-corrected chi connectivity index (χ0v) is 12.8. The van der Waals surface area contributed by atoms with Gasteiger partial charge in [-0.2, -0.15) is 0 Å². The van der Waals surface area contributed by atoms with Crippen molar-refractivity contribution in [2.45, 2.75) is 46.1 Å². The highest BCUT2D eigenvalue weighted by molar-refractivity contribution is 5.24. The van der Waals surface area contributed by atoms with Gasteiger partial charge in [-0.3, -0.25) is 0 Å². The summed E-state index contributed by atoms with van der Waals surface area (Å²) in [6.07, 6.45) is 1.12. The lowest BCUT2D eigenvalue weighted by Gasteiger charge is -2.16. The van der Waals surface area contributed by atoms with Crippen LogP contribution >= 0.6 is 0 Å². The molecule has 108 valence electrons. The van der Waals surface area contributed by atoms with E-state index in [1.807, 2.05) is 13.8 Å². The minimum absolute atomic E-state index is 0.282. The first-order chi connectivity index (χ1) is 9.59. The number of nitrogens with one attached hydrogen (secondary N) is 1. The summed E-state index contributed by atoms with van der Waals surface area (Å²) >= 11 is 0. The topological polar surface area (TPSA) is 38.1 Å². The highest BCUT2D eigenvalue weighted by Gasteiger charge is 2.16. The van der Waals surface area contributed by atoms with E-state index in [0.717, 1.165) is 24.4 Å². The molecule has 1 heterocycles. The largest absolute Gasteiger partial charge is 0.361 e. The Morgan fingerprint density at radius 1 is 1.15 bits per heavy atom. The molecule has 3 nitrogen and oxygen atoms in total. The summed E-state index contributed by atoms with van der Waals surface area (Å²) in [6, 6.07) is 10.9. The van der Waals surface area contributed by atoms with Crippen LogP contribution in [0.1, 0.15) is 54.8 Å². The van der Waals surface area contributed by atoms with Crippen molar-refractivity contribution in [2.24, 2.45) is 0 Å². The molecule has 1 aromatic carbocycles. The molecule has 20 heavy (non-hydrogen) atoms. The fourth-order valence-corrected chi connectivity index (χ4v) is 2.67. The quantitative estimate of drug-likeness (QED) is 0.859. The van der Waals surface area contributed by atoms with Crippen LogP contribution < -0.4 is 5.32 Å². The first-order valence-electron chi connectivity index (χ1n) is 7.30. The van der Waals surface area contributed by atoms with E-state index in [4.69, 9.17) is 4.52 Å². The summed E-state index contributed by atoms with van der Waals surface area (Å²) in [6.45, 7) is 9.40. The van der Waals surface area contributed by atoms with Crippen molar-refractivity contribution in [1.82, 2.24) is 10.5 Å². The first-order valence-corrected chi connectivity index (χ1v) is 7.30. The van der Waals surface area contributed by atoms with Gasteiger partial charge >= 0.3 is 0 Å². The third-order valence-corrected chi connectivity index (χ3v) is 3.92. The molecular formula is C17H24N2O. The summed E-state index contributed by atoms with van der Waals surface area (Å²) in [4.78, 5) is 0. The number of nitrogens with zero attached hydrogens (tertiary/aromatic N) is 1. The Labute approximate surface area is 121 Å². The minimum Gasteiger partial charge on any atom is -0.361 e. The third-order valence-electron chi connectivity index (χ3n) is 3.92. The van der Waals surface area contributed by atoms with Crippen LogP contribution in [0.5, 0.6) is 0 Å². The van der Waals surface area contributed by atoms with Crippen molar-refractivity contribution in [2.75, 3.05) is 6.54 Å². The van der Waals surface area contributed by atoms with Crippen LogP contribution in [0, 0.1) is 13.8 Å². The Hall–Kier alpha value is -1.61. The molecule has 1 N–H and O–H groups in total. The molecule has 2 aromatic rings. The van der Waals surface area contributed by atoms with Crippen molar-refractivity contribution in [1.29, 1.82) is 0 Å². The van der Waals surface area contributed by atoms with E-state index < -0.39 is 0 Å². The Balaban J connectivity index is 1.84. The van der Waals surface area contributed by atoms with Crippen LogP contribution in [0.2, 0.25) is 0 Å². The number of rotatable bonds is 6. The molecule has 0 saturated heterocycles. The van der Waals surface area contributed by atoms with E-state index in [9.17, 15) is 0 Å². The maximum atomic E-state index is 5.22. The van der Waals surface area contributed by atoms with Crippen LogP contribution in [0.3, 0.4) is 0 Å². The molecule has 0 aliphatic carbocycles. The molecule has 0 saturated carbocycles. The Morgan fingerprint density at radius 2 is 1.85 bits per heavy atom. The number of hydrogen-bond donors (Lipinski definition) is 1. The molecule has 2 unspecified atom stereocenters. The summed E-state index contributed by atoms with van der Waals surface area (Å²) in [5.41, 5.74) is 3.58. The maximum absolute atomic E-state index is 5.22. The molecule has 1 aromatic heterocycles. The second-order valence-corrected chi connectivity index (χ2v) is 5.51. The van der Waals surface area contributed by atoms with Crippen LogP contribution in [0.25, 0.3) is 0 Å². The van der Waals surface area contributed by atoms with E-state index in [1.54, 1.807) is 0 Å². The van der Waals surface area contributed by atoms with Gasteiger partial charge in [0.25, 0.3) is 0 Å². The predicted molar refractivity (Wildman–Crippen MR) is 81.9 cm³/mol. The smallest absolute Gasteiger partial charge is 0.138 e. The fourth-order valence-electron chi connectivity index (χ4n) is 2.67. The van der Waals surface area contributed by atoms with Crippen LogP contribution in [0.15, 0.2) is 34.9 Å². The van der Waals surface area contributed by atoms with Crippen LogP contribution in [-0.4, -0.2) is 11.7 Å². The zero-order chi connectivity index (χ0) is 14.5. The second kappa shape index (κ2) is 6.71. The highest BCUT2D eigenvalue weighted by Crippen LogP contribution is 2.22. The molecule has 0 bridgehead atoms. The summed E-state index contributed by atoms with van der Waals surface area (Å²) < 4.78 is 5.22. The number of aromatic nitrogens is 1. The van der Waals surface area contributed by atoms with E-state index >= 15 is 0 Å². The van der Waals surface area contributed by atoms with E-state index in [1.165, 1.54) is 11.1 Å². The third kappa shape index (κ3) is 3.48. The van der Waals surface area contributed by atoms with E-state index in [-0.39, 0.29) is 6.04 Å². The molecule has 0 aliphatic heterocycles. The highest BCUT2D eigenvalue weighted by atomic mass is 16.5. The summed E-state index contributed by atoms with van der Waals surface area (Å²) in [7, 11) is 0. The number of benzene rings is 1. The summed E-state index contributed by atoms with van der Waals surface area (Å²) in [5.74, 6) is 1.49. The van der Waals surface area contributed by atoms with Gasteiger partial charge < -0.3 is 9.84 Å². The van der Waals surface area contributed by atoms with Gasteiger partial charge in [-0.05, 0) is 45.2 Å². The number of aryl methyl sites for hydroxylation is 2. The van der Waals surface area contributed by atoms with E-state index in [2.05, 4.69) is 54.7 Å². The molecule has 0 aliphatic rings. The van der Waals surface area contributed by atoms with Gasteiger partial charge in [-0.15, -0.1) is 0 Å². The Morgan fingerprint density at radius 3 is 2.45 bits per heavy atom. The fraction of sp³-hybridized carbons (Fsp3) is 0.471. The molecule has 2 rings (SSSR count). The molecule has 2 atom stereocenters. The molecule has 0 amide bonds. The molecule has 0 radical (unpaired) electrons. The zero-order valence-electron chi connectivity index (χ0n) is 12.8. The molecule has 0 fully saturated rings. The van der Waals surface area contributed by atoms with Gasteiger partial charge in [0.2, 0.25) is 0 Å². The standard InChI is InChI=1S/C17H24N2O/c1-12(16-8-6-5-7-9-16)10-11-18-13(2)17-14(3)19-20-15(17)4/h5-9,12-13,18H,10-11H2,1-4H3. The van der Waals surface area contributed by atoms with E-state index in [0.29, 0.717) is 5.92 Å². The Kier molecular flexibility index (Phi) is 4.96. The molecule has 3 heteroatoms. The molecule has 0 spiro atoms. The van der Waals surface area contributed by atoms with Gasteiger partial charge in [0.1, 0.15) is 5.76 Å². The second-order valence-electron chi connectivity index (χ2n) is 5.51. The van der Waals surface area contributed by atoms with Gasteiger partial charge in [-0.25, -0.2) is 0 Å². The average Bonchev–Trinajstić information content (AvgIpc) is 2.79. The number of hydrogen-bond acceptors (Lipinski definition) is 3. The van der Waals surface area contributed by atoms with Crippen LogP contribution in [0.4, 0.5) is 0 Å². The van der Waals surface area contributed by atoms with Crippen molar-refractivity contribution in [3.05, 3.63) is 52.9 Å². The minimum atomic E-state index is 0.282. The predicted octanol–water partition coefficient (Wildman–Crippen LogP) is 4.14. The first kappa shape index (κ1) is 14.8. The lowest BCUT2D eigenvalue weighted by atomic mass is 9.97. The van der Waals surface area contributed by atoms with Crippen LogP contribution in [-0.2, 0) is 0 Å². The monoisotopic (exact) mass is 272 g/mol. The van der Waals surface area contributed by atoms with Gasteiger partial charge in [-0.1, -0.05) is 42.4 Å². The van der Waals surface area contributed by atoms with Crippen molar-refractivity contribution in [3.63, 3.8) is 0 Å². The van der Waals surface area contributed by atoms with Crippen molar-refractivity contribution in [3.8, 4) is 0 Å². The maximum Gasteiger partial charge on any atom is 0.138 e. The SMILES string of the molecule is Cc1noc(C)c1C(C)NCCC(C)c1ccccc1. The van der Waals surface area contributed by atoms with Gasteiger partial charge in [0, 0.05) is 11.6 Å². The van der Waals surface area contributed by atoms with Crippen molar-refractivity contribution >= 4 is 0 Å². The Bertz CT molecular complexity index is 514. The van der Waals surface area contributed by atoms with Gasteiger partial charge in [0.15, 0.2) is 0 Å². The lowest BCUT2D eigenvalue weighted by Crippen LogP contribution is -2.22. The summed E-state index contributed by atoms with van der Waals surface area (Å²) in [5, 5.41) is 7.58. The average molecular weight is 272 g/mol. The van der Waals surface area contributed by atoms with Gasteiger partial charge in [0.05, 0.1) is 5.69 Å². The van der Waals surface area contributed by atoms with Crippen molar-refractivity contribution < 1.29 is 4.52 Å².